The highest BCUT2D eigenvalue weighted by Crippen LogP contribution is 2.46. The molecule has 0 saturated heterocycles. The van der Waals surface area contributed by atoms with Gasteiger partial charge in [0.25, 0.3) is 0 Å². The fourth-order valence-electron chi connectivity index (χ4n) is 11.6. The predicted molar refractivity (Wildman–Crippen MR) is 314 cm³/mol. The van der Waals surface area contributed by atoms with E-state index in [1.165, 1.54) is 49.0 Å². The predicted octanol–water partition coefficient (Wildman–Crippen LogP) is 18.7. The molecule has 0 radical (unpaired) electrons. The van der Waals surface area contributed by atoms with E-state index in [0.717, 1.165) is 82.5 Å². The molecule has 15 rings (SSSR count). The van der Waals surface area contributed by atoms with E-state index in [0.29, 0.717) is 17.5 Å². The lowest BCUT2D eigenvalue weighted by Crippen LogP contribution is -2.04. The van der Waals surface area contributed by atoms with E-state index in [2.05, 4.69) is 271 Å². The number of fused-ring (bicyclic) bond motifs is 9. The van der Waals surface area contributed by atoms with Crippen molar-refractivity contribution in [2.24, 2.45) is 0 Å². The topological polar surface area (TPSA) is 43.6 Å². The Morgan fingerprint density at radius 2 is 0.773 bits per heavy atom. The van der Waals surface area contributed by atoms with Crippen LogP contribution in [0.15, 0.2) is 267 Å². The molecule has 0 amide bonds. The van der Waals surface area contributed by atoms with Crippen LogP contribution in [0.3, 0.4) is 0 Å². The van der Waals surface area contributed by atoms with Gasteiger partial charge in [-0.1, -0.05) is 231 Å². The van der Waals surface area contributed by atoms with Gasteiger partial charge in [0.15, 0.2) is 17.5 Å². The maximum atomic E-state index is 5.61. The number of hydrogen-bond acceptors (Lipinski definition) is 3. The molecule has 0 unspecified atom stereocenters. The summed E-state index contributed by atoms with van der Waals surface area (Å²) in [6.45, 7) is 0. The first-order valence-corrected chi connectivity index (χ1v) is 25.6. The van der Waals surface area contributed by atoms with Crippen molar-refractivity contribution in [3.05, 3.63) is 267 Å². The lowest BCUT2D eigenvalue weighted by atomic mass is 9.89. The highest BCUT2D eigenvalue weighted by atomic mass is 15.0. The Labute approximate surface area is 433 Å². The molecule has 13 aromatic carbocycles. The summed E-state index contributed by atoms with van der Waals surface area (Å²) in [6.07, 6.45) is 0. The van der Waals surface area contributed by atoms with Gasteiger partial charge in [0.1, 0.15) is 0 Å². The summed E-state index contributed by atoms with van der Waals surface area (Å²) in [5.41, 5.74) is 12.9. The molecule has 0 spiro atoms. The summed E-state index contributed by atoms with van der Waals surface area (Å²) in [5, 5.41) is 13.8. The molecule has 0 aliphatic rings. The highest BCUT2D eigenvalue weighted by Gasteiger charge is 2.25. The second-order valence-electron chi connectivity index (χ2n) is 19.5. The van der Waals surface area contributed by atoms with Crippen molar-refractivity contribution in [2.75, 3.05) is 0 Å². The van der Waals surface area contributed by atoms with Crippen molar-refractivity contribution in [3.63, 3.8) is 0 Å². The molecule has 0 saturated carbocycles. The minimum atomic E-state index is 0.601. The average molecular weight is 953 g/mol. The lowest BCUT2D eigenvalue weighted by molar-refractivity contribution is 1.08. The quantitative estimate of drug-likeness (QED) is 0.160. The standard InChI is InChI=1S/C71H44N4/c1-3-17-45(18-4-1)51-28-15-29-52(39-51)55-36-37-59-63(42-55)66(75-65-43-54-26-10-9-25-53(54)41-64(65)60-38-35-49-23-12-14-31-58(49)68(60)75)44-62(48-20-5-2-6-21-48)67(59)71-73-69(56-34-33-46-19-7-8-24-50(46)40-56)72-70(74-71)61-32-16-27-47-22-11-13-30-57(47)61/h1-44H. The largest absolute Gasteiger partial charge is 0.308 e. The second-order valence-corrected chi connectivity index (χ2v) is 19.5. The van der Waals surface area contributed by atoms with Crippen LogP contribution in [0.25, 0.3) is 149 Å². The Bertz CT molecular complexity index is 4760. The van der Waals surface area contributed by atoms with Crippen LogP contribution in [0.1, 0.15) is 0 Å². The molecule has 0 aliphatic heterocycles. The van der Waals surface area contributed by atoms with Crippen molar-refractivity contribution in [1.29, 1.82) is 0 Å². The normalized spacial score (nSPS) is 11.7. The molecule has 0 fully saturated rings. The monoisotopic (exact) mass is 952 g/mol. The van der Waals surface area contributed by atoms with Crippen LogP contribution in [0.5, 0.6) is 0 Å². The third-order valence-corrected chi connectivity index (χ3v) is 15.2. The lowest BCUT2D eigenvalue weighted by Gasteiger charge is -2.21. The number of benzene rings is 13. The number of rotatable bonds is 7. The summed E-state index contributed by atoms with van der Waals surface area (Å²) in [5.74, 6) is 1.83. The van der Waals surface area contributed by atoms with Crippen molar-refractivity contribution in [3.8, 4) is 73.2 Å². The third-order valence-electron chi connectivity index (χ3n) is 15.2. The van der Waals surface area contributed by atoms with E-state index < -0.39 is 0 Å². The van der Waals surface area contributed by atoms with E-state index in [1.807, 2.05) is 0 Å². The van der Waals surface area contributed by atoms with Crippen molar-refractivity contribution in [2.45, 2.75) is 0 Å². The van der Waals surface area contributed by atoms with Gasteiger partial charge in [-0.05, 0) is 113 Å². The molecule has 4 heteroatoms. The molecule has 75 heavy (non-hydrogen) atoms. The van der Waals surface area contributed by atoms with Crippen LogP contribution in [0.2, 0.25) is 0 Å². The van der Waals surface area contributed by atoms with Gasteiger partial charge < -0.3 is 4.57 Å². The van der Waals surface area contributed by atoms with Crippen LogP contribution < -0.4 is 0 Å². The second kappa shape index (κ2) is 17.3. The molecule has 2 heterocycles. The SMILES string of the molecule is c1ccc(-c2cccc(-c3ccc4c(-c5nc(-c6ccc7ccccc7c6)nc(-c6cccc7ccccc67)n5)c(-c5ccccc5)cc(-n5c6cc7ccccc7cc6c6ccc7ccccc7c65)c4c3)c2)cc1. The van der Waals surface area contributed by atoms with Crippen LogP contribution in [0.4, 0.5) is 0 Å². The van der Waals surface area contributed by atoms with E-state index in [1.54, 1.807) is 0 Å². The summed E-state index contributed by atoms with van der Waals surface area (Å²) in [6, 6.07) is 96.4. The first-order valence-electron chi connectivity index (χ1n) is 25.6. The molecule has 0 N–H and O–H groups in total. The summed E-state index contributed by atoms with van der Waals surface area (Å²) in [4.78, 5) is 16.6. The van der Waals surface area contributed by atoms with Gasteiger partial charge >= 0.3 is 0 Å². The molecular formula is C71H44N4. The minimum Gasteiger partial charge on any atom is -0.308 e. The zero-order chi connectivity index (χ0) is 49.4. The zero-order valence-corrected chi connectivity index (χ0v) is 40.7. The summed E-state index contributed by atoms with van der Waals surface area (Å²) < 4.78 is 2.54. The van der Waals surface area contributed by atoms with Crippen LogP contribution >= 0.6 is 0 Å². The average Bonchev–Trinajstić information content (AvgIpc) is 3.83. The van der Waals surface area contributed by atoms with E-state index in [9.17, 15) is 0 Å². The highest BCUT2D eigenvalue weighted by molar-refractivity contribution is 6.22. The van der Waals surface area contributed by atoms with Gasteiger partial charge in [-0.3, -0.25) is 0 Å². The van der Waals surface area contributed by atoms with Crippen LogP contribution in [-0.4, -0.2) is 19.5 Å². The smallest absolute Gasteiger partial charge is 0.165 e. The van der Waals surface area contributed by atoms with Gasteiger partial charge in [0.05, 0.1) is 16.7 Å². The fraction of sp³-hybridized carbons (Fsp3) is 0. The Morgan fingerprint density at radius 1 is 0.240 bits per heavy atom. The zero-order valence-electron chi connectivity index (χ0n) is 40.7. The molecule has 2 aromatic heterocycles. The van der Waals surface area contributed by atoms with Gasteiger partial charge in [-0.15, -0.1) is 0 Å². The van der Waals surface area contributed by atoms with Crippen LogP contribution in [-0.2, 0) is 0 Å². The molecule has 0 atom stereocenters. The first kappa shape index (κ1) is 42.6. The van der Waals surface area contributed by atoms with E-state index in [4.69, 9.17) is 15.0 Å². The van der Waals surface area contributed by atoms with Crippen molar-refractivity contribution in [1.82, 2.24) is 19.5 Å². The van der Waals surface area contributed by atoms with Gasteiger partial charge in [-0.2, -0.15) is 0 Å². The first-order chi connectivity index (χ1) is 37.2. The Hall–Kier alpha value is -10.0. The summed E-state index contributed by atoms with van der Waals surface area (Å²) in [7, 11) is 0. The Kier molecular flexibility index (Phi) is 9.85. The number of aromatic nitrogens is 4. The van der Waals surface area contributed by atoms with E-state index >= 15 is 0 Å². The number of nitrogens with zero attached hydrogens (tertiary/aromatic N) is 4. The van der Waals surface area contributed by atoms with Gasteiger partial charge in [0.2, 0.25) is 0 Å². The van der Waals surface area contributed by atoms with Gasteiger partial charge in [-0.25, -0.2) is 15.0 Å². The molecule has 15 aromatic rings. The minimum absolute atomic E-state index is 0.601. The maximum absolute atomic E-state index is 5.61. The van der Waals surface area contributed by atoms with Crippen molar-refractivity contribution >= 4 is 75.7 Å². The number of hydrogen-bond donors (Lipinski definition) is 0. The Balaban J connectivity index is 1.10. The molecule has 0 aliphatic carbocycles. The van der Waals surface area contributed by atoms with Crippen LogP contribution in [0, 0.1) is 0 Å². The van der Waals surface area contributed by atoms with Crippen molar-refractivity contribution < 1.29 is 0 Å². The summed E-state index contributed by atoms with van der Waals surface area (Å²) >= 11 is 0. The molecule has 4 nitrogen and oxygen atoms in total. The molecular weight excluding hydrogens is 909 g/mol. The molecule has 0 bridgehead atoms. The van der Waals surface area contributed by atoms with E-state index in [-0.39, 0.29) is 0 Å². The van der Waals surface area contributed by atoms with Gasteiger partial charge in [0, 0.05) is 38.2 Å². The Morgan fingerprint density at radius 3 is 1.56 bits per heavy atom. The molecule has 348 valence electrons. The fourth-order valence-corrected chi connectivity index (χ4v) is 11.6. The maximum Gasteiger partial charge on any atom is 0.165 e. The third kappa shape index (κ3) is 7.18.